The van der Waals surface area contributed by atoms with Crippen LogP contribution in [-0.4, -0.2) is 30.0 Å². The number of hydrogen-bond acceptors (Lipinski definition) is 3. The Labute approximate surface area is 178 Å². The Morgan fingerprint density at radius 3 is 2.40 bits per heavy atom. The van der Waals surface area contributed by atoms with Gasteiger partial charge in [0.2, 0.25) is 10.0 Å². The molecule has 5 heteroatoms. The number of nitrogens with zero attached hydrogens (tertiary/aromatic N) is 1. The van der Waals surface area contributed by atoms with Crippen molar-refractivity contribution in [3.63, 3.8) is 0 Å². The second-order valence-corrected chi connectivity index (χ2v) is 9.88. The van der Waals surface area contributed by atoms with E-state index in [1.807, 2.05) is 66.7 Å². The van der Waals surface area contributed by atoms with E-state index in [2.05, 4.69) is 6.58 Å². The predicted molar refractivity (Wildman–Crippen MR) is 120 cm³/mol. The molecule has 1 fully saturated rings. The molecule has 0 aromatic heterocycles. The summed E-state index contributed by atoms with van der Waals surface area (Å²) in [5, 5.41) is 12.6. The summed E-state index contributed by atoms with van der Waals surface area (Å²) in [5.41, 5.74) is 0.898. The number of rotatable bonds is 6. The van der Waals surface area contributed by atoms with E-state index in [0.29, 0.717) is 12.8 Å². The van der Waals surface area contributed by atoms with Crippen molar-refractivity contribution in [2.75, 3.05) is 0 Å². The molecule has 156 valence electrons. The molecule has 3 aromatic carbocycles. The Hall–Kier alpha value is -2.47. The van der Waals surface area contributed by atoms with E-state index in [0.717, 1.165) is 22.8 Å². The first-order valence-corrected chi connectivity index (χ1v) is 11.8. The van der Waals surface area contributed by atoms with E-state index in [4.69, 9.17) is 0 Å². The van der Waals surface area contributed by atoms with Crippen molar-refractivity contribution in [3.05, 3.63) is 91.0 Å². The van der Waals surface area contributed by atoms with Crippen molar-refractivity contribution in [2.24, 2.45) is 5.92 Å². The molecule has 30 heavy (non-hydrogen) atoms. The average molecular weight is 422 g/mol. The molecule has 3 aromatic rings. The number of sulfonamides is 1. The lowest BCUT2D eigenvalue weighted by Crippen LogP contribution is -2.49. The summed E-state index contributed by atoms with van der Waals surface area (Å²) in [7, 11) is -3.82. The minimum absolute atomic E-state index is 0.198. The molecule has 0 amide bonds. The standard InChI is InChI=1S/C25H27NO3S/c1-2-19-12-15-25(27)24(16-19)26(18-20-8-4-3-5-9-20)30(28,29)23-14-13-21-10-6-7-11-22(21)17-23/h2-11,13-14,17,19,24-25,27H,1,12,15-16,18H2/t19-,24-,25+/m1/s1. The second kappa shape index (κ2) is 8.72. The molecule has 0 aliphatic heterocycles. The Bertz CT molecular complexity index is 1130. The van der Waals surface area contributed by atoms with Crippen LogP contribution < -0.4 is 0 Å². The van der Waals surface area contributed by atoms with Crippen molar-refractivity contribution >= 4 is 20.8 Å². The van der Waals surface area contributed by atoms with Gasteiger partial charge in [0.05, 0.1) is 17.0 Å². The average Bonchev–Trinajstić information content (AvgIpc) is 2.78. The van der Waals surface area contributed by atoms with E-state index in [1.165, 1.54) is 4.31 Å². The quantitative estimate of drug-likeness (QED) is 0.585. The summed E-state index contributed by atoms with van der Waals surface area (Å²) >= 11 is 0. The van der Waals surface area contributed by atoms with Crippen LogP contribution in [0, 0.1) is 5.92 Å². The highest BCUT2D eigenvalue weighted by atomic mass is 32.2. The van der Waals surface area contributed by atoms with Gasteiger partial charge in [-0.25, -0.2) is 8.42 Å². The summed E-state index contributed by atoms with van der Waals surface area (Å²) in [6.07, 6.45) is 3.16. The van der Waals surface area contributed by atoms with Crippen LogP contribution in [0.3, 0.4) is 0 Å². The molecule has 1 saturated carbocycles. The molecule has 0 radical (unpaired) electrons. The zero-order chi connectivity index (χ0) is 21.1. The first-order chi connectivity index (χ1) is 14.5. The summed E-state index contributed by atoms with van der Waals surface area (Å²) in [5.74, 6) is 0.198. The van der Waals surface area contributed by atoms with Crippen LogP contribution >= 0.6 is 0 Å². The molecule has 1 N–H and O–H groups in total. The van der Waals surface area contributed by atoms with Crippen LogP contribution in [0.4, 0.5) is 0 Å². The number of allylic oxidation sites excluding steroid dienone is 1. The van der Waals surface area contributed by atoms with Crippen molar-refractivity contribution in [3.8, 4) is 0 Å². The molecule has 0 unspecified atom stereocenters. The normalized spacial score (nSPS) is 22.3. The van der Waals surface area contributed by atoms with Crippen molar-refractivity contribution in [1.29, 1.82) is 0 Å². The maximum absolute atomic E-state index is 13.8. The molecule has 0 bridgehead atoms. The van der Waals surface area contributed by atoms with Gasteiger partial charge in [-0.1, -0.05) is 66.7 Å². The second-order valence-electron chi connectivity index (χ2n) is 7.99. The van der Waals surface area contributed by atoms with Crippen molar-refractivity contribution < 1.29 is 13.5 Å². The lowest BCUT2D eigenvalue weighted by molar-refractivity contribution is 0.0418. The molecule has 0 heterocycles. The number of benzene rings is 3. The van der Waals surface area contributed by atoms with E-state index in [9.17, 15) is 13.5 Å². The Morgan fingerprint density at radius 1 is 0.967 bits per heavy atom. The zero-order valence-electron chi connectivity index (χ0n) is 16.9. The first-order valence-electron chi connectivity index (χ1n) is 10.3. The highest BCUT2D eigenvalue weighted by Crippen LogP contribution is 2.34. The van der Waals surface area contributed by atoms with Gasteiger partial charge in [-0.2, -0.15) is 4.31 Å². The molecule has 0 saturated heterocycles. The van der Waals surface area contributed by atoms with E-state index in [-0.39, 0.29) is 17.4 Å². The topological polar surface area (TPSA) is 57.6 Å². The van der Waals surface area contributed by atoms with Gasteiger partial charge >= 0.3 is 0 Å². The van der Waals surface area contributed by atoms with Gasteiger partial charge < -0.3 is 5.11 Å². The summed E-state index contributed by atoms with van der Waals surface area (Å²) in [6, 6.07) is 22.0. The Morgan fingerprint density at radius 2 is 1.67 bits per heavy atom. The minimum atomic E-state index is -3.82. The lowest BCUT2D eigenvalue weighted by atomic mass is 9.84. The number of hydrogen-bond donors (Lipinski definition) is 1. The molecular formula is C25H27NO3S. The highest BCUT2D eigenvalue weighted by Gasteiger charge is 2.39. The smallest absolute Gasteiger partial charge is 0.243 e. The molecule has 0 spiro atoms. The summed E-state index contributed by atoms with van der Waals surface area (Å²) in [4.78, 5) is 0.255. The monoisotopic (exact) mass is 421 g/mol. The minimum Gasteiger partial charge on any atom is -0.391 e. The van der Waals surface area contributed by atoms with Crippen LogP contribution in [-0.2, 0) is 16.6 Å². The van der Waals surface area contributed by atoms with E-state index in [1.54, 1.807) is 12.1 Å². The van der Waals surface area contributed by atoms with Crippen LogP contribution in [0.15, 0.2) is 90.3 Å². The van der Waals surface area contributed by atoms with Gasteiger partial charge in [0, 0.05) is 6.54 Å². The third-order valence-corrected chi connectivity index (χ3v) is 7.90. The number of aliphatic hydroxyl groups is 1. The summed E-state index contributed by atoms with van der Waals surface area (Å²) in [6.45, 7) is 4.12. The van der Waals surface area contributed by atoms with Crippen LogP contribution in [0.5, 0.6) is 0 Å². The number of fused-ring (bicyclic) bond motifs is 1. The van der Waals surface area contributed by atoms with Crippen LogP contribution in [0.25, 0.3) is 10.8 Å². The van der Waals surface area contributed by atoms with Crippen LogP contribution in [0.2, 0.25) is 0 Å². The molecular weight excluding hydrogens is 394 g/mol. The molecule has 3 atom stereocenters. The highest BCUT2D eigenvalue weighted by molar-refractivity contribution is 7.89. The zero-order valence-corrected chi connectivity index (χ0v) is 17.7. The third-order valence-electron chi connectivity index (χ3n) is 6.03. The van der Waals surface area contributed by atoms with E-state index < -0.39 is 22.2 Å². The molecule has 4 nitrogen and oxygen atoms in total. The largest absolute Gasteiger partial charge is 0.391 e. The van der Waals surface area contributed by atoms with Gasteiger partial charge in [0.1, 0.15) is 0 Å². The molecule has 4 rings (SSSR count). The first kappa shape index (κ1) is 20.8. The fraction of sp³-hybridized carbons (Fsp3) is 0.280. The summed E-state index contributed by atoms with van der Waals surface area (Å²) < 4.78 is 29.1. The van der Waals surface area contributed by atoms with Crippen molar-refractivity contribution in [1.82, 2.24) is 4.31 Å². The van der Waals surface area contributed by atoms with Gasteiger partial charge in [0.15, 0.2) is 0 Å². The Kier molecular flexibility index (Phi) is 6.04. The fourth-order valence-corrected chi connectivity index (χ4v) is 5.98. The molecule has 1 aliphatic carbocycles. The predicted octanol–water partition coefficient (Wildman–Crippen LogP) is 4.75. The third kappa shape index (κ3) is 4.19. The SMILES string of the molecule is C=C[C@@H]1CC[C@H](O)[C@H](N(Cc2ccccc2)S(=O)(=O)c2ccc3ccccc3c2)C1. The lowest BCUT2D eigenvalue weighted by Gasteiger charge is -2.39. The maximum Gasteiger partial charge on any atom is 0.243 e. The van der Waals surface area contributed by atoms with Gasteiger partial charge in [-0.3, -0.25) is 0 Å². The van der Waals surface area contributed by atoms with Crippen molar-refractivity contribution in [2.45, 2.75) is 42.8 Å². The Balaban J connectivity index is 1.77. The maximum atomic E-state index is 13.8. The molecule has 1 aliphatic rings. The van der Waals surface area contributed by atoms with Crippen LogP contribution in [0.1, 0.15) is 24.8 Å². The van der Waals surface area contributed by atoms with Gasteiger partial charge in [0.25, 0.3) is 0 Å². The van der Waals surface area contributed by atoms with Gasteiger partial charge in [-0.15, -0.1) is 6.58 Å². The fourth-order valence-electron chi connectivity index (χ4n) is 4.29. The van der Waals surface area contributed by atoms with E-state index >= 15 is 0 Å². The van der Waals surface area contributed by atoms with Gasteiger partial charge in [-0.05, 0) is 53.6 Å². The number of aliphatic hydroxyl groups excluding tert-OH is 1.